The van der Waals surface area contributed by atoms with E-state index in [-0.39, 0.29) is 19.2 Å². The summed E-state index contributed by atoms with van der Waals surface area (Å²) in [6.45, 7) is -0.139. The molecule has 2 aromatic carbocycles. The number of benzene rings is 2. The Bertz CT molecular complexity index is 912. The Morgan fingerprint density at radius 3 is 2.43 bits per heavy atom. The number of nitrogens with zero attached hydrogens (tertiary/aromatic N) is 1. The lowest BCUT2D eigenvalue weighted by Crippen LogP contribution is -2.45. The summed E-state index contributed by atoms with van der Waals surface area (Å²) in [4.78, 5) is 24.0. The van der Waals surface area contributed by atoms with Gasteiger partial charge in [0.25, 0.3) is 0 Å². The molecule has 0 spiro atoms. The van der Waals surface area contributed by atoms with E-state index in [2.05, 4.69) is 4.89 Å². The van der Waals surface area contributed by atoms with Gasteiger partial charge in [-0.3, -0.25) is 9.69 Å². The quantitative estimate of drug-likeness (QED) is 0.169. The van der Waals surface area contributed by atoms with Crippen molar-refractivity contribution in [3.05, 3.63) is 70.8 Å². The van der Waals surface area contributed by atoms with Crippen molar-refractivity contribution in [1.29, 1.82) is 0 Å². The number of carbonyl (C=O) groups is 1. The fourth-order valence-corrected chi connectivity index (χ4v) is 4.07. The predicted molar refractivity (Wildman–Crippen MR) is 98.1 cm³/mol. The van der Waals surface area contributed by atoms with Crippen LogP contribution in [-0.2, 0) is 31.3 Å². The lowest BCUT2D eigenvalue weighted by molar-refractivity contribution is -0.284. The van der Waals surface area contributed by atoms with Gasteiger partial charge in [0.15, 0.2) is 17.5 Å². The summed E-state index contributed by atoms with van der Waals surface area (Å²) in [7, 11) is 2.33. The van der Waals surface area contributed by atoms with Crippen LogP contribution in [-0.4, -0.2) is 44.8 Å². The highest BCUT2D eigenvalue weighted by molar-refractivity contribution is 5.76. The van der Waals surface area contributed by atoms with Crippen LogP contribution in [0, 0.1) is 29.2 Å². The number of esters is 1. The van der Waals surface area contributed by atoms with Crippen LogP contribution in [0.15, 0.2) is 36.4 Å². The summed E-state index contributed by atoms with van der Waals surface area (Å²) >= 11 is 0. The van der Waals surface area contributed by atoms with E-state index in [0.717, 1.165) is 12.7 Å². The third-order valence-corrected chi connectivity index (χ3v) is 5.39. The second-order valence-electron chi connectivity index (χ2n) is 7.16. The lowest BCUT2D eigenvalue weighted by atomic mass is 9.72. The minimum absolute atomic E-state index is 0.0620. The molecule has 30 heavy (non-hydrogen) atoms. The highest BCUT2D eigenvalue weighted by Crippen LogP contribution is 2.44. The predicted octanol–water partition coefficient (Wildman–Crippen LogP) is 3.36. The zero-order valence-electron chi connectivity index (χ0n) is 16.5. The van der Waals surface area contributed by atoms with Crippen molar-refractivity contribution in [2.45, 2.75) is 12.0 Å². The van der Waals surface area contributed by atoms with E-state index in [0.29, 0.717) is 6.54 Å². The van der Waals surface area contributed by atoms with Crippen LogP contribution < -0.4 is 0 Å². The van der Waals surface area contributed by atoms with Crippen LogP contribution >= 0.6 is 0 Å². The number of methoxy groups -OCH3 is 1. The summed E-state index contributed by atoms with van der Waals surface area (Å²) in [5.41, 5.74) is -1.58. The van der Waals surface area contributed by atoms with Crippen LogP contribution in [0.4, 0.5) is 17.6 Å². The van der Waals surface area contributed by atoms with Crippen LogP contribution in [0.3, 0.4) is 0 Å². The highest BCUT2D eigenvalue weighted by Gasteiger charge is 2.55. The number of hydrogen-bond acceptors (Lipinski definition) is 5. The summed E-state index contributed by atoms with van der Waals surface area (Å²) < 4.78 is 62.1. The van der Waals surface area contributed by atoms with Crippen molar-refractivity contribution in [2.75, 3.05) is 33.9 Å². The average molecular weight is 427 g/mol. The zero-order chi connectivity index (χ0) is 21.9. The van der Waals surface area contributed by atoms with Gasteiger partial charge in [-0.05, 0) is 5.56 Å². The molecule has 0 bridgehead atoms. The Morgan fingerprint density at radius 1 is 1.10 bits per heavy atom. The fraction of sp³-hybridized carbons (Fsp3) is 0.381. The van der Waals surface area contributed by atoms with Gasteiger partial charge in [0.1, 0.15) is 5.82 Å². The summed E-state index contributed by atoms with van der Waals surface area (Å²) in [5.74, 6) is -8.38. The van der Waals surface area contributed by atoms with Crippen molar-refractivity contribution in [2.24, 2.45) is 5.92 Å². The molecule has 1 aliphatic rings. The molecule has 3 rings (SSSR count). The van der Waals surface area contributed by atoms with Crippen LogP contribution in [0.25, 0.3) is 0 Å². The number of carbonyl (C=O) groups excluding carboxylic acids is 1. The van der Waals surface area contributed by atoms with Crippen molar-refractivity contribution in [1.82, 2.24) is 4.90 Å². The Kier molecular flexibility index (Phi) is 6.74. The molecule has 0 aliphatic carbocycles. The SMILES string of the molecule is COOCC1(c2c(F)cc(F)c(F)c2F)CN(Cc2ccccc2)CC1C(=O)OC. The molecule has 2 unspecified atom stereocenters. The van der Waals surface area contributed by atoms with Gasteiger partial charge in [-0.1, -0.05) is 30.3 Å². The van der Waals surface area contributed by atoms with Gasteiger partial charge < -0.3 is 4.74 Å². The van der Waals surface area contributed by atoms with E-state index in [1.54, 1.807) is 4.90 Å². The molecule has 5 nitrogen and oxygen atoms in total. The lowest BCUT2D eigenvalue weighted by Gasteiger charge is -2.33. The minimum Gasteiger partial charge on any atom is -0.469 e. The maximum atomic E-state index is 14.8. The zero-order valence-corrected chi connectivity index (χ0v) is 16.5. The van der Waals surface area contributed by atoms with E-state index in [9.17, 15) is 22.4 Å². The molecule has 2 aromatic rings. The number of halogens is 4. The third-order valence-electron chi connectivity index (χ3n) is 5.39. The first-order chi connectivity index (χ1) is 14.3. The molecule has 0 radical (unpaired) electrons. The van der Waals surface area contributed by atoms with E-state index in [1.807, 2.05) is 30.3 Å². The van der Waals surface area contributed by atoms with Crippen molar-refractivity contribution in [3.63, 3.8) is 0 Å². The molecule has 1 aliphatic heterocycles. The smallest absolute Gasteiger partial charge is 0.311 e. The maximum absolute atomic E-state index is 14.8. The monoisotopic (exact) mass is 427 g/mol. The number of rotatable bonds is 7. The van der Waals surface area contributed by atoms with Gasteiger partial charge in [-0.25, -0.2) is 27.3 Å². The molecule has 0 amide bonds. The first-order valence-electron chi connectivity index (χ1n) is 9.17. The van der Waals surface area contributed by atoms with E-state index >= 15 is 0 Å². The highest BCUT2D eigenvalue weighted by atomic mass is 19.2. The molecule has 0 N–H and O–H groups in total. The number of hydrogen-bond donors (Lipinski definition) is 0. The van der Waals surface area contributed by atoms with Crippen LogP contribution in [0.5, 0.6) is 0 Å². The van der Waals surface area contributed by atoms with E-state index in [4.69, 9.17) is 9.62 Å². The Hall–Kier alpha value is -2.49. The van der Waals surface area contributed by atoms with E-state index < -0.39 is 52.7 Å². The number of ether oxygens (including phenoxy) is 1. The Balaban J connectivity index is 2.11. The van der Waals surface area contributed by atoms with Gasteiger partial charge in [0.2, 0.25) is 0 Å². The van der Waals surface area contributed by atoms with Gasteiger partial charge in [0, 0.05) is 31.3 Å². The summed E-state index contributed by atoms with van der Waals surface area (Å²) in [6, 6.07) is 9.48. The van der Waals surface area contributed by atoms with Gasteiger partial charge in [0.05, 0.1) is 32.2 Å². The molecule has 1 saturated heterocycles. The third kappa shape index (κ3) is 4.05. The van der Waals surface area contributed by atoms with Crippen molar-refractivity contribution in [3.8, 4) is 0 Å². The average Bonchev–Trinajstić information content (AvgIpc) is 3.09. The van der Waals surface area contributed by atoms with E-state index in [1.165, 1.54) is 7.11 Å². The molecular formula is C21H21F4NO4. The largest absolute Gasteiger partial charge is 0.469 e. The fourth-order valence-electron chi connectivity index (χ4n) is 4.07. The summed E-state index contributed by atoms with van der Waals surface area (Å²) in [5, 5.41) is 0. The van der Waals surface area contributed by atoms with Crippen LogP contribution in [0.2, 0.25) is 0 Å². The Labute approximate surface area is 171 Å². The molecule has 162 valence electrons. The first-order valence-corrected chi connectivity index (χ1v) is 9.17. The number of likely N-dealkylation sites (tertiary alicyclic amines) is 1. The van der Waals surface area contributed by atoms with Crippen molar-refractivity contribution < 1.29 is 36.9 Å². The normalized spacial score (nSPS) is 21.7. The molecule has 9 heteroatoms. The van der Waals surface area contributed by atoms with Gasteiger partial charge >= 0.3 is 5.97 Å². The summed E-state index contributed by atoms with van der Waals surface area (Å²) in [6.07, 6.45) is 0. The van der Waals surface area contributed by atoms with Crippen molar-refractivity contribution >= 4 is 5.97 Å². The second-order valence-corrected chi connectivity index (χ2v) is 7.16. The standard InChI is InChI=1S/C21H21F4NO4/c1-28-20(27)14-10-26(9-13-6-4-3-5-7-13)11-21(14,12-30-29-2)17-15(22)8-16(23)18(24)19(17)25/h3-8,14H,9-12H2,1-2H3. The first kappa shape index (κ1) is 22.2. The molecule has 0 saturated carbocycles. The topological polar surface area (TPSA) is 48.0 Å². The van der Waals surface area contributed by atoms with Gasteiger partial charge in [-0.2, -0.15) is 0 Å². The minimum atomic E-state index is -1.83. The second kappa shape index (κ2) is 9.11. The molecule has 1 heterocycles. The maximum Gasteiger partial charge on any atom is 0.311 e. The van der Waals surface area contributed by atoms with Crippen LogP contribution in [0.1, 0.15) is 11.1 Å². The van der Waals surface area contributed by atoms with Gasteiger partial charge in [-0.15, -0.1) is 0 Å². The molecular weight excluding hydrogens is 406 g/mol. The molecule has 2 atom stereocenters. The Morgan fingerprint density at radius 2 is 1.80 bits per heavy atom. The molecule has 1 fully saturated rings. The molecule has 0 aromatic heterocycles.